The Bertz CT molecular complexity index is 395. The zero-order valence-corrected chi connectivity index (χ0v) is 12.8. The van der Waals surface area contributed by atoms with E-state index in [0.717, 1.165) is 32.4 Å². The lowest BCUT2D eigenvalue weighted by molar-refractivity contribution is 0.0140. The van der Waals surface area contributed by atoms with Crippen molar-refractivity contribution in [2.45, 2.75) is 50.7 Å². The summed E-state index contributed by atoms with van der Waals surface area (Å²) >= 11 is 0. The normalized spacial score (nSPS) is 25.6. The standard InChI is InChI=1S/C17H28N2O/c1-3-17(13-18,12-15-8-5-4-6-9-15)19-14-16(2)10-7-11-20-16/h4-6,8-9,19H,3,7,10-14,18H2,1-2H3. The summed E-state index contributed by atoms with van der Waals surface area (Å²) < 4.78 is 5.87. The summed E-state index contributed by atoms with van der Waals surface area (Å²) in [7, 11) is 0. The molecule has 0 aromatic heterocycles. The minimum Gasteiger partial charge on any atom is -0.374 e. The molecule has 20 heavy (non-hydrogen) atoms. The van der Waals surface area contributed by atoms with Crippen LogP contribution in [0.5, 0.6) is 0 Å². The highest BCUT2D eigenvalue weighted by Gasteiger charge is 2.34. The first-order chi connectivity index (χ1) is 9.61. The molecule has 0 aliphatic carbocycles. The lowest BCUT2D eigenvalue weighted by Gasteiger charge is -2.36. The Morgan fingerprint density at radius 2 is 2.10 bits per heavy atom. The van der Waals surface area contributed by atoms with E-state index >= 15 is 0 Å². The van der Waals surface area contributed by atoms with E-state index in [-0.39, 0.29) is 11.1 Å². The second-order valence-electron chi connectivity index (χ2n) is 6.26. The van der Waals surface area contributed by atoms with Gasteiger partial charge in [0.1, 0.15) is 0 Å². The van der Waals surface area contributed by atoms with Gasteiger partial charge in [0.05, 0.1) is 5.60 Å². The van der Waals surface area contributed by atoms with Crippen LogP contribution in [-0.2, 0) is 11.2 Å². The maximum atomic E-state index is 6.09. The third kappa shape index (κ3) is 3.81. The highest BCUT2D eigenvalue weighted by molar-refractivity contribution is 5.18. The van der Waals surface area contributed by atoms with E-state index in [2.05, 4.69) is 49.5 Å². The molecule has 112 valence electrons. The summed E-state index contributed by atoms with van der Waals surface area (Å²) in [4.78, 5) is 0. The van der Waals surface area contributed by atoms with Crippen LogP contribution in [0.2, 0.25) is 0 Å². The SMILES string of the molecule is CCC(CN)(Cc1ccccc1)NCC1(C)CCCO1. The largest absolute Gasteiger partial charge is 0.374 e. The second kappa shape index (κ2) is 6.70. The predicted octanol–water partition coefficient (Wildman–Crippen LogP) is 2.50. The van der Waals surface area contributed by atoms with Crippen LogP contribution in [0, 0.1) is 0 Å². The van der Waals surface area contributed by atoms with Crippen molar-refractivity contribution in [3.05, 3.63) is 35.9 Å². The van der Waals surface area contributed by atoms with Crippen LogP contribution < -0.4 is 11.1 Å². The summed E-state index contributed by atoms with van der Waals surface area (Å²) in [6.45, 7) is 6.82. The van der Waals surface area contributed by atoms with Crippen molar-refractivity contribution in [2.75, 3.05) is 19.7 Å². The Hall–Kier alpha value is -0.900. The highest BCUT2D eigenvalue weighted by atomic mass is 16.5. The molecule has 1 aromatic rings. The van der Waals surface area contributed by atoms with Gasteiger partial charge in [0, 0.05) is 25.2 Å². The summed E-state index contributed by atoms with van der Waals surface area (Å²) in [6, 6.07) is 10.6. The molecule has 2 rings (SSSR count). The molecule has 1 heterocycles. The van der Waals surface area contributed by atoms with Gasteiger partial charge in [-0.05, 0) is 38.2 Å². The van der Waals surface area contributed by atoms with Gasteiger partial charge in [0.25, 0.3) is 0 Å². The molecule has 1 aliphatic heterocycles. The molecule has 2 atom stereocenters. The lowest BCUT2D eigenvalue weighted by atomic mass is 9.87. The van der Waals surface area contributed by atoms with E-state index in [1.165, 1.54) is 12.0 Å². The van der Waals surface area contributed by atoms with Crippen molar-refractivity contribution >= 4 is 0 Å². The number of ether oxygens (including phenoxy) is 1. The molecule has 0 saturated carbocycles. The first-order valence-corrected chi connectivity index (χ1v) is 7.74. The van der Waals surface area contributed by atoms with Crippen molar-refractivity contribution in [3.63, 3.8) is 0 Å². The lowest BCUT2D eigenvalue weighted by Crippen LogP contribution is -2.56. The molecule has 0 amide bonds. The van der Waals surface area contributed by atoms with Gasteiger partial charge in [-0.15, -0.1) is 0 Å². The minimum absolute atomic E-state index is 0.0215. The average Bonchev–Trinajstić information content (AvgIpc) is 2.92. The maximum absolute atomic E-state index is 6.09. The fraction of sp³-hybridized carbons (Fsp3) is 0.647. The molecule has 0 bridgehead atoms. The molecule has 3 nitrogen and oxygen atoms in total. The molecular weight excluding hydrogens is 248 g/mol. The van der Waals surface area contributed by atoms with E-state index in [0.29, 0.717) is 6.54 Å². The summed E-state index contributed by atoms with van der Waals surface area (Å²) in [5.41, 5.74) is 7.38. The molecule has 1 fully saturated rings. The van der Waals surface area contributed by atoms with Crippen LogP contribution in [0.4, 0.5) is 0 Å². The molecule has 3 N–H and O–H groups in total. The third-order valence-electron chi connectivity index (χ3n) is 4.59. The van der Waals surface area contributed by atoms with E-state index < -0.39 is 0 Å². The zero-order chi connectivity index (χ0) is 14.5. The Morgan fingerprint density at radius 1 is 1.35 bits per heavy atom. The summed E-state index contributed by atoms with van der Waals surface area (Å²) in [6.07, 6.45) is 4.29. The number of hydrogen-bond donors (Lipinski definition) is 2. The van der Waals surface area contributed by atoms with Gasteiger partial charge in [-0.1, -0.05) is 37.3 Å². The van der Waals surface area contributed by atoms with Gasteiger partial charge >= 0.3 is 0 Å². The van der Waals surface area contributed by atoms with Crippen molar-refractivity contribution in [1.82, 2.24) is 5.32 Å². The van der Waals surface area contributed by atoms with Crippen molar-refractivity contribution in [3.8, 4) is 0 Å². The van der Waals surface area contributed by atoms with Crippen molar-refractivity contribution in [2.24, 2.45) is 5.73 Å². The third-order valence-corrected chi connectivity index (χ3v) is 4.59. The van der Waals surface area contributed by atoms with Crippen molar-refractivity contribution < 1.29 is 4.74 Å². The van der Waals surface area contributed by atoms with Gasteiger partial charge in [0.2, 0.25) is 0 Å². The van der Waals surface area contributed by atoms with Gasteiger partial charge in [-0.25, -0.2) is 0 Å². The number of rotatable bonds is 7. The number of hydrogen-bond acceptors (Lipinski definition) is 3. The number of nitrogens with two attached hydrogens (primary N) is 1. The smallest absolute Gasteiger partial charge is 0.0779 e. The quantitative estimate of drug-likeness (QED) is 0.804. The van der Waals surface area contributed by atoms with E-state index in [4.69, 9.17) is 10.5 Å². The zero-order valence-electron chi connectivity index (χ0n) is 12.8. The van der Waals surface area contributed by atoms with Crippen LogP contribution in [0.15, 0.2) is 30.3 Å². The molecule has 0 radical (unpaired) electrons. The molecule has 1 aromatic carbocycles. The van der Waals surface area contributed by atoms with E-state index in [9.17, 15) is 0 Å². The van der Waals surface area contributed by atoms with E-state index in [1.807, 2.05) is 0 Å². The first-order valence-electron chi connectivity index (χ1n) is 7.74. The van der Waals surface area contributed by atoms with Crippen LogP contribution in [0.3, 0.4) is 0 Å². The van der Waals surface area contributed by atoms with E-state index in [1.54, 1.807) is 0 Å². The maximum Gasteiger partial charge on any atom is 0.0779 e. The number of benzene rings is 1. The molecule has 3 heteroatoms. The fourth-order valence-corrected chi connectivity index (χ4v) is 2.94. The van der Waals surface area contributed by atoms with Gasteiger partial charge in [-0.2, -0.15) is 0 Å². The van der Waals surface area contributed by atoms with Crippen LogP contribution in [-0.4, -0.2) is 30.8 Å². The molecular formula is C17H28N2O. The fourth-order valence-electron chi connectivity index (χ4n) is 2.94. The van der Waals surface area contributed by atoms with Gasteiger partial charge in [0.15, 0.2) is 0 Å². The highest BCUT2D eigenvalue weighted by Crippen LogP contribution is 2.26. The summed E-state index contributed by atoms with van der Waals surface area (Å²) in [5.74, 6) is 0. The van der Waals surface area contributed by atoms with Gasteiger partial charge in [-0.3, -0.25) is 0 Å². The van der Waals surface area contributed by atoms with Gasteiger partial charge < -0.3 is 15.8 Å². The average molecular weight is 276 g/mol. The predicted molar refractivity (Wildman–Crippen MR) is 83.8 cm³/mol. The molecule has 1 aliphatic rings. The van der Waals surface area contributed by atoms with Crippen LogP contribution in [0.25, 0.3) is 0 Å². The monoisotopic (exact) mass is 276 g/mol. The first kappa shape index (κ1) is 15.5. The Kier molecular flexibility index (Phi) is 5.19. The molecule has 0 spiro atoms. The topological polar surface area (TPSA) is 47.3 Å². The Balaban J connectivity index is 2.01. The Morgan fingerprint density at radius 3 is 2.65 bits per heavy atom. The second-order valence-corrected chi connectivity index (χ2v) is 6.26. The molecule has 1 saturated heterocycles. The minimum atomic E-state index is -0.0314. The summed E-state index contributed by atoms with van der Waals surface area (Å²) in [5, 5.41) is 3.71. The van der Waals surface area contributed by atoms with Crippen LogP contribution >= 0.6 is 0 Å². The molecule has 2 unspecified atom stereocenters. The number of nitrogens with one attached hydrogen (secondary N) is 1. The Labute approximate surface area is 122 Å². The van der Waals surface area contributed by atoms with Crippen molar-refractivity contribution in [1.29, 1.82) is 0 Å². The van der Waals surface area contributed by atoms with Crippen LogP contribution in [0.1, 0.15) is 38.7 Å².